The van der Waals surface area contributed by atoms with Crippen molar-refractivity contribution in [2.24, 2.45) is 0 Å². The van der Waals surface area contributed by atoms with Gasteiger partial charge in [0.25, 0.3) is 0 Å². The number of ether oxygens (including phenoxy) is 1. The average Bonchev–Trinajstić information content (AvgIpc) is 2.25. The fraction of sp³-hybridized carbons (Fsp3) is 0.700. The van der Waals surface area contributed by atoms with Crippen LogP contribution < -0.4 is 0 Å². The summed E-state index contributed by atoms with van der Waals surface area (Å²) in [6.07, 6.45) is 2.69. The van der Waals surface area contributed by atoms with Crippen molar-refractivity contribution in [2.45, 2.75) is 26.4 Å². The number of rotatable bonds is 7. The first-order chi connectivity index (χ1) is 7.50. The lowest BCUT2D eigenvalue weighted by Gasteiger charge is -2.20. The third-order valence-electron chi connectivity index (χ3n) is 1.83. The molecule has 0 bridgehead atoms. The van der Waals surface area contributed by atoms with Crippen LogP contribution >= 0.6 is 7.60 Å². The van der Waals surface area contributed by atoms with Crippen molar-refractivity contribution in [3.63, 3.8) is 0 Å². The molecule has 1 atom stereocenters. The maximum atomic E-state index is 12.2. The Kier molecular flexibility index (Phi) is 7.30. The minimum atomic E-state index is -3.17. The maximum Gasteiger partial charge on any atom is 0.337 e. The molecule has 0 aromatic carbocycles. The predicted octanol–water partition coefficient (Wildman–Crippen LogP) is 2.37. The summed E-state index contributed by atoms with van der Waals surface area (Å²) < 4.78 is 26.9. The second-order valence-corrected chi connectivity index (χ2v) is 5.41. The molecule has 0 heterocycles. The quantitative estimate of drug-likeness (QED) is 0.394. The Morgan fingerprint density at radius 1 is 1.31 bits per heavy atom. The second kappa shape index (κ2) is 7.60. The van der Waals surface area contributed by atoms with Crippen molar-refractivity contribution >= 4 is 13.6 Å². The van der Waals surface area contributed by atoms with E-state index in [9.17, 15) is 9.36 Å². The van der Waals surface area contributed by atoms with E-state index in [2.05, 4.69) is 4.74 Å². The van der Waals surface area contributed by atoms with E-state index in [1.165, 1.54) is 19.3 Å². The van der Waals surface area contributed by atoms with Gasteiger partial charge in [0.15, 0.2) is 0 Å². The van der Waals surface area contributed by atoms with E-state index in [4.69, 9.17) is 9.05 Å². The first kappa shape index (κ1) is 15.4. The number of methoxy groups -OCH3 is 1. The van der Waals surface area contributed by atoms with Crippen molar-refractivity contribution in [1.29, 1.82) is 0 Å². The lowest BCUT2D eigenvalue weighted by molar-refractivity contribution is -0.134. The van der Waals surface area contributed by atoms with Crippen LogP contribution in [0.15, 0.2) is 12.2 Å². The summed E-state index contributed by atoms with van der Waals surface area (Å²) in [5.74, 6) is -0.494. The first-order valence-corrected chi connectivity index (χ1v) is 6.76. The monoisotopic (exact) mass is 250 g/mol. The molecule has 0 N–H and O–H groups in total. The molecule has 1 unspecified atom stereocenters. The van der Waals surface area contributed by atoms with Crippen LogP contribution in [0.4, 0.5) is 0 Å². The summed E-state index contributed by atoms with van der Waals surface area (Å²) in [5, 5.41) is 0. The van der Waals surface area contributed by atoms with E-state index in [1.54, 1.807) is 20.8 Å². The van der Waals surface area contributed by atoms with Crippen LogP contribution in [-0.2, 0) is 23.1 Å². The zero-order chi connectivity index (χ0) is 12.6. The van der Waals surface area contributed by atoms with Gasteiger partial charge in [0.2, 0.25) is 0 Å². The number of carbonyl (C=O) groups is 1. The van der Waals surface area contributed by atoms with Gasteiger partial charge in [-0.05, 0) is 20.8 Å². The van der Waals surface area contributed by atoms with Crippen molar-refractivity contribution in [3.8, 4) is 0 Å². The Balaban J connectivity index is 4.61. The van der Waals surface area contributed by atoms with Crippen molar-refractivity contribution in [1.82, 2.24) is 0 Å². The van der Waals surface area contributed by atoms with E-state index in [1.807, 2.05) is 0 Å². The van der Waals surface area contributed by atoms with Gasteiger partial charge in [-0.1, -0.05) is 6.08 Å². The second-order valence-electron chi connectivity index (χ2n) is 3.00. The summed E-state index contributed by atoms with van der Waals surface area (Å²) in [6.45, 7) is 5.75. The third-order valence-corrected chi connectivity index (χ3v) is 4.23. The van der Waals surface area contributed by atoms with Crippen molar-refractivity contribution in [3.05, 3.63) is 12.2 Å². The minimum Gasteiger partial charge on any atom is -0.466 e. The molecule has 0 fully saturated rings. The molecule has 0 aromatic heterocycles. The van der Waals surface area contributed by atoms with Gasteiger partial charge in [0.1, 0.15) is 0 Å². The summed E-state index contributed by atoms with van der Waals surface area (Å²) in [6, 6.07) is 0. The molecule has 0 aliphatic heterocycles. The Morgan fingerprint density at radius 3 is 2.19 bits per heavy atom. The van der Waals surface area contributed by atoms with Crippen LogP contribution in [0.25, 0.3) is 0 Å². The molecule has 0 aliphatic carbocycles. The van der Waals surface area contributed by atoms with Gasteiger partial charge in [-0.2, -0.15) is 0 Å². The van der Waals surface area contributed by atoms with Gasteiger partial charge in [-0.3, -0.25) is 4.57 Å². The van der Waals surface area contributed by atoms with Crippen LogP contribution in [0.1, 0.15) is 20.8 Å². The van der Waals surface area contributed by atoms with Gasteiger partial charge in [-0.25, -0.2) is 4.79 Å². The average molecular weight is 250 g/mol. The van der Waals surface area contributed by atoms with Crippen LogP contribution in [0, 0.1) is 0 Å². The fourth-order valence-electron chi connectivity index (χ4n) is 1.02. The van der Waals surface area contributed by atoms with Crippen LogP contribution in [-0.4, -0.2) is 32.0 Å². The molecular weight excluding hydrogens is 231 g/mol. The molecular formula is C10H19O5P. The van der Waals surface area contributed by atoms with Crippen LogP contribution in [0.3, 0.4) is 0 Å². The molecule has 0 amide bonds. The van der Waals surface area contributed by atoms with E-state index in [0.717, 1.165) is 0 Å². The summed E-state index contributed by atoms with van der Waals surface area (Å²) in [4.78, 5) is 10.9. The van der Waals surface area contributed by atoms with E-state index in [0.29, 0.717) is 13.2 Å². The minimum absolute atomic E-state index is 0.299. The molecule has 0 rings (SSSR count). The van der Waals surface area contributed by atoms with Crippen molar-refractivity contribution in [2.75, 3.05) is 20.3 Å². The number of esters is 1. The SMILES string of the molecule is CCOP(=O)(OCC)C(C)/C=C/C(=O)OC. The third kappa shape index (κ3) is 4.92. The van der Waals surface area contributed by atoms with E-state index < -0.39 is 19.2 Å². The molecule has 0 saturated heterocycles. The number of allylic oxidation sites excluding steroid dienone is 1. The number of hydrogen-bond donors (Lipinski definition) is 0. The molecule has 0 saturated carbocycles. The maximum absolute atomic E-state index is 12.2. The summed E-state index contributed by atoms with van der Waals surface area (Å²) >= 11 is 0. The Labute approximate surface area is 96.3 Å². The number of hydrogen-bond acceptors (Lipinski definition) is 5. The molecule has 6 heteroatoms. The first-order valence-electron chi connectivity index (χ1n) is 5.15. The Hall–Kier alpha value is -0.640. The van der Waals surface area contributed by atoms with Crippen LogP contribution in [0.5, 0.6) is 0 Å². The molecule has 5 nitrogen and oxygen atoms in total. The molecule has 0 radical (unpaired) electrons. The highest BCUT2D eigenvalue weighted by Crippen LogP contribution is 2.53. The normalized spacial score (nSPS) is 14.0. The van der Waals surface area contributed by atoms with Gasteiger partial charge >= 0.3 is 13.6 Å². The highest BCUT2D eigenvalue weighted by Gasteiger charge is 2.29. The molecule has 0 aromatic rings. The van der Waals surface area contributed by atoms with E-state index in [-0.39, 0.29) is 0 Å². The largest absolute Gasteiger partial charge is 0.466 e. The van der Waals surface area contributed by atoms with Gasteiger partial charge in [0, 0.05) is 6.08 Å². The van der Waals surface area contributed by atoms with Gasteiger partial charge < -0.3 is 13.8 Å². The molecule has 16 heavy (non-hydrogen) atoms. The number of carbonyl (C=O) groups excluding carboxylic acids is 1. The predicted molar refractivity (Wildman–Crippen MR) is 61.5 cm³/mol. The highest BCUT2D eigenvalue weighted by atomic mass is 31.2. The van der Waals surface area contributed by atoms with Gasteiger partial charge in [0.05, 0.1) is 26.0 Å². The summed E-state index contributed by atoms with van der Waals surface area (Å²) in [5.41, 5.74) is -0.480. The van der Waals surface area contributed by atoms with Gasteiger partial charge in [-0.15, -0.1) is 0 Å². The lowest BCUT2D eigenvalue weighted by atomic mass is 10.4. The summed E-state index contributed by atoms with van der Waals surface area (Å²) in [7, 11) is -1.89. The van der Waals surface area contributed by atoms with Crippen LogP contribution in [0.2, 0.25) is 0 Å². The molecule has 0 spiro atoms. The molecule has 94 valence electrons. The lowest BCUT2D eigenvalue weighted by Crippen LogP contribution is -2.08. The fourth-order valence-corrected chi connectivity index (χ4v) is 2.59. The zero-order valence-electron chi connectivity index (χ0n) is 10.1. The zero-order valence-corrected chi connectivity index (χ0v) is 11.0. The van der Waals surface area contributed by atoms with E-state index >= 15 is 0 Å². The topological polar surface area (TPSA) is 61.8 Å². The molecule has 0 aliphatic rings. The smallest absolute Gasteiger partial charge is 0.337 e. The van der Waals surface area contributed by atoms with Crippen molar-refractivity contribution < 1.29 is 23.1 Å². The highest BCUT2D eigenvalue weighted by molar-refractivity contribution is 7.54. The Morgan fingerprint density at radius 2 is 1.81 bits per heavy atom. The Bertz CT molecular complexity index is 277. The standard InChI is InChI=1S/C10H19O5P/c1-5-14-16(12,15-6-2)9(3)7-8-10(11)13-4/h7-9H,5-6H2,1-4H3/b8-7+.